The summed E-state index contributed by atoms with van der Waals surface area (Å²) in [6.07, 6.45) is 3.54. The van der Waals surface area contributed by atoms with E-state index in [9.17, 15) is 15.0 Å². The Bertz CT molecular complexity index is 693. The molecule has 2 rings (SSSR count). The van der Waals surface area contributed by atoms with Gasteiger partial charge in [-0.15, -0.1) is 0 Å². The maximum Gasteiger partial charge on any atom is 0.340 e. The molecule has 1 aliphatic heterocycles. The summed E-state index contributed by atoms with van der Waals surface area (Å²) >= 11 is 0. The molecule has 1 atom stereocenters. The van der Waals surface area contributed by atoms with Crippen LogP contribution in [0.5, 0.6) is 5.75 Å². The number of hydrogen-bond acceptors (Lipinski definition) is 3. The van der Waals surface area contributed by atoms with Crippen molar-refractivity contribution in [1.29, 1.82) is 0 Å². The Labute approximate surface area is 157 Å². The molecule has 1 aliphatic rings. The van der Waals surface area contributed by atoms with E-state index in [1.807, 2.05) is 0 Å². The lowest BCUT2D eigenvalue weighted by Crippen LogP contribution is -2.38. The highest BCUT2D eigenvalue weighted by Gasteiger charge is 2.43. The standard InChI is InChI=1S/C22H34O4/c1-8-10-15-17(21(4,5)6)18(22(7,25)20(23)24)16(13(2)3)14-11-9-12-26-19(14)15/h13,25H,8-12H2,1-7H3,(H,23,24). The quantitative estimate of drug-likeness (QED) is 0.798. The zero-order chi connectivity index (χ0) is 19.9. The number of carbonyl (C=O) groups is 1. The van der Waals surface area contributed by atoms with Gasteiger partial charge in [0.15, 0.2) is 5.60 Å². The molecule has 1 unspecified atom stereocenters. The van der Waals surface area contributed by atoms with E-state index in [0.29, 0.717) is 12.2 Å². The van der Waals surface area contributed by atoms with Crippen LogP contribution in [-0.4, -0.2) is 22.8 Å². The van der Waals surface area contributed by atoms with Crippen molar-refractivity contribution in [3.8, 4) is 5.75 Å². The van der Waals surface area contributed by atoms with Gasteiger partial charge in [0.1, 0.15) is 5.75 Å². The molecule has 0 fully saturated rings. The highest BCUT2D eigenvalue weighted by Crippen LogP contribution is 2.48. The van der Waals surface area contributed by atoms with Crippen LogP contribution in [0.25, 0.3) is 0 Å². The number of rotatable bonds is 5. The molecular weight excluding hydrogens is 328 g/mol. The van der Waals surface area contributed by atoms with Crippen LogP contribution in [0.1, 0.15) is 95.0 Å². The van der Waals surface area contributed by atoms with Crippen LogP contribution in [0.4, 0.5) is 0 Å². The lowest BCUT2D eigenvalue weighted by atomic mass is 9.69. The Kier molecular flexibility index (Phi) is 5.77. The van der Waals surface area contributed by atoms with Gasteiger partial charge in [-0.25, -0.2) is 4.79 Å². The van der Waals surface area contributed by atoms with Gasteiger partial charge < -0.3 is 14.9 Å². The Morgan fingerprint density at radius 3 is 2.27 bits per heavy atom. The fourth-order valence-electron chi connectivity index (χ4n) is 4.27. The minimum Gasteiger partial charge on any atom is -0.493 e. The minimum atomic E-state index is -1.93. The molecule has 26 heavy (non-hydrogen) atoms. The second kappa shape index (κ2) is 7.22. The first-order valence-electron chi connectivity index (χ1n) is 9.75. The summed E-state index contributed by atoms with van der Waals surface area (Å²) in [5, 5.41) is 20.9. The monoisotopic (exact) mass is 362 g/mol. The first-order valence-corrected chi connectivity index (χ1v) is 9.75. The highest BCUT2D eigenvalue weighted by atomic mass is 16.5. The molecule has 4 heteroatoms. The number of hydrogen-bond donors (Lipinski definition) is 2. The molecule has 146 valence electrons. The van der Waals surface area contributed by atoms with Crippen molar-refractivity contribution in [3.05, 3.63) is 27.8 Å². The average Bonchev–Trinajstić information content (AvgIpc) is 2.52. The molecule has 0 radical (unpaired) electrons. The number of aliphatic hydroxyl groups is 1. The summed E-state index contributed by atoms with van der Waals surface area (Å²) in [5.41, 5.74) is 2.42. The molecule has 0 aromatic heterocycles. The first kappa shape index (κ1) is 20.8. The van der Waals surface area contributed by atoms with Gasteiger partial charge in [-0.1, -0.05) is 48.0 Å². The van der Waals surface area contributed by atoms with Crippen molar-refractivity contribution < 1.29 is 19.7 Å². The molecule has 2 N–H and O–H groups in total. The van der Waals surface area contributed by atoms with Crippen molar-refractivity contribution >= 4 is 5.97 Å². The average molecular weight is 363 g/mol. The van der Waals surface area contributed by atoms with Crippen molar-refractivity contribution in [3.63, 3.8) is 0 Å². The highest BCUT2D eigenvalue weighted by molar-refractivity contribution is 5.81. The maximum absolute atomic E-state index is 12.0. The normalized spacial score (nSPS) is 16.8. The summed E-state index contributed by atoms with van der Waals surface area (Å²) in [4.78, 5) is 12.0. The fourth-order valence-corrected chi connectivity index (χ4v) is 4.27. The molecule has 1 heterocycles. The summed E-state index contributed by atoms with van der Waals surface area (Å²) in [5.74, 6) is -0.163. The van der Waals surface area contributed by atoms with E-state index < -0.39 is 11.6 Å². The molecule has 0 saturated heterocycles. The minimum absolute atomic E-state index is 0.100. The van der Waals surface area contributed by atoms with E-state index in [4.69, 9.17) is 4.74 Å². The summed E-state index contributed by atoms with van der Waals surface area (Å²) in [6.45, 7) is 14.6. The van der Waals surface area contributed by atoms with Crippen LogP contribution in [0.15, 0.2) is 0 Å². The van der Waals surface area contributed by atoms with E-state index in [0.717, 1.165) is 53.7 Å². The Hall–Kier alpha value is -1.55. The van der Waals surface area contributed by atoms with Crippen molar-refractivity contribution in [2.45, 2.75) is 91.1 Å². The predicted molar refractivity (Wildman–Crippen MR) is 104 cm³/mol. The number of benzene rings is 1. The first-order chi connectivity index (χ1) is 11.9. The molecule has 1 aromatic carbocycles. The molecule has 0 saturated carbocycles. The largest absolute Gasteiger partial charge is 0.493 e. The lowest BCUT2D eigenvalue weighted by Gasteiger charge is -2.38. The van der Waals surface area contributed by atoms with E-state index in [-0.39, 0.29) is 11.3 Å². The Balaban J connectivity index is 3.08. The van der Waals surface area contributed by atoms with Gasteiger partial charge in [-0.05, 0) is 59.8 Å². The fraction of sp³-hybridized carbons (Fsp3) is 0.682. The molecular formula is C22H34O4. The third-order valence-electron chi connectivity index (χ3n) is 5.24. The second-order valence-electron chi connectivity index (χ2n) is 8.93. The van der Waals surface area contributed by atoms with Crippen LogP contribution in [0.3, 0.4) is 0 Å². The molecule has 0 aliphatic carbocycles. The molecule has 0 amide bonds. The van der Waals surface area contributed by atoms with E-state index in [2.05, 4.69) is 41.5 Å². The smallest absolute Gasteiger partial charge is 0.340 e. The summed E-state index contributed by atoms with van der Waals surface area (Å²) < 4.78 is 6.13. The van der Waals surface area contributed by atoms with Crippen LogP contribution in [-0.2, 0) is 28.7 Å². The van der Waals surface area contributed by atoms with E-state index in [1.165, 1.54) is 6.92 Å². The molecule has 4 nitrogen and oxygen atoms in total. The van der Waals surface area contributed by atoms with Crippen LogP contribution in [0, 0.1) is 0 Å². The van der Waals surface area contributed by atoms with Crippen molar-refractivity contribution in [1.82, 2.24) is 0 Å². The predicted octanol–water partition coefficient (Wildman–Crippen LogP) is 4.68. The zero-order valence-corrected chi connectivity index (χ0v) is 17.3. The second-order valence-corrected chi connectivity index (χ2v) is 8.93. The molecule has 1 aromatic rings. The van der Waals surface area contributed by atoms with E-state index in [1.54, 1.807) is 0 Å². The number of carboxylic acid groups (broad SMARTS) is 1. The third-order valence-corrected chi connectivity index (χ3v) is 5.24. The maximum atomic E-state index is 12.0. The van der Waals surface area contributed by atoms with Crippen molar-refractivity contribution in [2.75, 3.05) is 6.61 Å². The van der Waals surface area contributed by atoms with Crippen LogP contribution >= 0.6 is 0 Å². The van der Waals surface area contributed by atoms with Crippen LogP contribution in [0.2, 0.25) is 0 Å². The van der Waals surface area contributed by atoms with Gasteiger partial charge in [0, 0.05) is 5.56 Å². The van der Waals surface area contributed by atoms with Gasteiger partial charge in [0.2, 0.25) is 0 Å². The molecule has 0 bridgehead atoms. The SMILES string of the molecule is CCCc1c2c(c(C(C)C)c(C(C)(O)C(=O)O)c1C(C)(C)C)CCCO2. The number of aliphatic carboxylic acids is 1. The Morgan fingerprint density at radius 1 is 1.19 bits per heavy atom. The molecule has 0 spiro atoms. The summed E-state index contributed by atoms with van der Waals surface area (Å²) in [7, 11) is 0. The topological polar surface area (TPSA) is 66.8 Å². The van der Waals surface area contributed by atoms with Gasteiger partial charge in [0.25, 0.3) is 0 Å². The Morgan fingerprint density at radius 2 is 1.81 bits per heavy atom. The number of ether oxygens (including phenoxy) is 1. The zero-order valence-electron chi connectivity index (χ0n) is 17.3. The van der Waals surface area contributed by atoms with Gasteiger partial charge in [-0.3, -0.25) is 0 Å². The summed E-state index contributed by atoms with van der Waals surface area (Å²) in [6, 6.07) is 0. The number of fused-ring (bicyclic) bond motifs is 1. The van der Waals surface area contributed by atoms with Gasteiger partial charge in [0.05, 0.1) is 6.61 Å². The van der Waals surface area contributed by atoms with E-state index >= 15 is 0 Å². The lowest BCUT2D eigenvalue weighted by molar-refractivity contribution is -0.157. The third kappa shape index (κ3) is 3.48. The number of carboxylic acids is 1. The van der Waals surface area contributed by atoms with Gasteiger partial charge in [-0.2, -0.15) is 0 Å². The van der Waals surface area contributed by atoms with Gasteiger partial charge >= 0.3 is 5.97 Å². The van der Waals surface area contributed by atoms with Crippen LogP contribution < -0.4 is 4.74 Å². The van der Waals surface area contributed by atoms with Crippen molar-refractivity contribution in [2.24, 2.45) is 0 Å².